The van der Waals surface area contributed by atoms with Crippen molar-refractivity contribution in [1.82, 2.24) is 0 Å². The standard InChI is InChI=1S/C59H40O/c1-59(2)53-27-11-9-21-43(53)44-30-29-37(33-54(44)59)56(51-32-35-15-3-5-17-38(35)40-19-7-8-20-41(40)51)46-24-13-23-42-49-31-36-16-4-6-18-39(36)57(52(49)34-50(42)46)48-26-14-25-47-45-22-10-12-28-55(45)60-58(47)48/h3-33,56H,34H2,1-2H3. The molecule has 282 valence electrons. The first kappa shape index (κ1) is 33.7. The Hall–Kier alpha value is -7.22. The molecule has 0 saturated carbocycles. The zero-order chi connectivity index (χ0) is 39.7. The van der Waals surface area contributed by atoms with Gasteiger partial charge in [0, 0.05) is 27.7 Å². The van der Waals surface area contributed by atoms with Gasteiger partial charge in [-0.25, -0.2) is 0 Å². The summed E-state index contributed by atoms with van der Waals surface area (Å²) < 4.78 is 6.75. The second-order valence-electron chi connectivity index (χ2n) is 17.5. The summed E-state index contributed by atoms with van der Waals surface area (Å²) in [6, 6.07) is 70.4. The van der Waals surface area contributed by atoms with Crippen molar-refractivity contribution >= 4 is 54.3 Å². The third-order valence-electron chi connectivity index (χ3n) is 14.0. The van der Waals surface area contributed by atoms with Crippen LogP contribution in [0.3, 0.4) is 0 Å². The number of para-hydroxylation sites is 2. The summed E-state index contributed by atoms with van der Waals surface area (Å²) in [6.07, 6.45) is 0.835. The summed E-state index contributed by atoms with van der Waals surface area (Å²) in [7, 11) is 0. The molecule has 0 saturated heterocycles. The maximum Gasteiger partial charge on any atom is 0.143 e. The molecule has 0 fully saturated rings. The molecule has 0 spiro atoms. The van der Waals surface area contributed by atoms with Crippen LogP contribution in [0.25, 0.3) is 87.6 Å². The van der Waals surface area contributed by atoms with Gasteiger partial charge >= 0.3 is 0 Å². The van der Waals surface area contributed by atoms with Crippen molar-refractivity contribution in [3.8, 4) is 33.4 Å². The third kappa shape index (κ3) is 4.63. The predicted molar refractivity (Wildman–Crippen MR) is 251 cm³/mol. The van der Waals surface area contributed by atoms with Gasteiger partial charge in [0.25, 0.3) is 0 Å². The summed E-state index contributed by atoms with van der Waals surface area (Å²) in [6.45, 7) is 4.79. The lowest BCUT2D eigenvalue weighted by molar-refractivity contribution is 0.659. The van der Waals surface area contributed by atoms with Gasteiger partial charge in [-0.2, -0.15) is 0 Å². The number of fused-ring (bicyclic) bond motifs is 13. The van der Waals surface area contributed by atoms with E-state index in [1.54, 1.807) is 0 Å². The van der Waals surface area contributed by atoms with E-state index in [2.05, 4.69) is 202 Å². The Balaban J connectivity index is 1.08. The highest BCUT2D eigenvalue weighted by Crippen LogP contribution is 2.53. The largest absolute Gasteiger partial charge is 0.455 e. The van der Waals surface area contributed by atoms with Crippen molar-refractivity contribution < 1.29 is 4.42 Å². The van der Waals surface area contributed by atoms with E-state index >= 15 is 0 Å². The average Bonchev–Trinajstić information content (AvgIpc) is 3.94. The zero-order valence-corrected chi connectivity index (χ0v) is 33.6. The molecule has 0 N–H and O–H groups in total. The van der Waals surface area contributed by atoms with Gasteiger partial charge in [0.1, 0.15) is 11.2 Å². The van der Waals surface area contributed by atoms with Crippen molar-refractivity contribution in [2.24, 2.45) is 0 Å². The molecule has 0 aliphatic heterocycles. The van der Waals surface area contributed by atoms with Crippen LogP contribution in [0.1, 0.15) is 58.7 Å². The maximum atomic E-state index is 6.75. The lowest BCUT2D eigenvalue weighted by atomic mass is 9.76. The Labute approximate surface area is 349 Å². The Morgan fingerprint density at radius 1 is 0.417 bits per heavy atom. The van der Waals surface area contributed by atoms with Crippen LogP contribution in [0.2, 0.25) is 0 Å². The molecule has 0 amide bonds. The summed E-state index contributed by atoms with van der Waals surface area (Å²) in [5.74, 6) is -0.00903. The molecule has 1 nitrogen and oxygen atoms in total. The molecule has 2 aliphatic rings. The first-order chi connectivity index (χ1) is 29.5. The van der Waals surface area contributed by atoms with Gasteiger partial charge in [0.05, 0.1) is 0 Å². The lowest BCUT2D eigenvalue weighted by Gasteiger charge is -2.27. The predicted octanol–water partition coefficient (Wildman–Crippen LogP) is 15.8. The van der Waals surface area contributed by atoms with E-state index in [1.165, 1.54) is 99.1 Å². The monoisotopic (exact) mass is 764 g/mol. The molecular formula is C59H40O. The molecule has 1 atom stereocenters. The molecule has 1 unspecified atom stereocenters. The molecule has 10 aromatic carbocycles. The minimum atomic E-state index is -0.112. The molecule has 0 radical (unpaired) electrons. The smallest absolute Gasteiger partial charge is 0.143 e. The van der Waals surface area contributed by atoms with E-state index in [1.807, 2.05) is 0 Å². The molecular weight excluding hydrogens is 725 g/mol. The van der Waals surface area contributed by atoms with E-state index in [4.69, 9.17) is 4.42 Å². The molecule has 1 aromatic heterocycles. The van der Waals surface area contributed by atoms with Crippen molar-refractivity contribution in [1.29, 1.82) is 0 Å². The third-order valence-corrected chi connectivity index (χ3v) is 14.0. The van der Waals surface area contributed by atoms with E-state index < -0.39 is 0 Å². The minimum Gasteiger partial charge on any atom is -0.455 e. The first-order valence-corrected chi connectivity index (χ1v) is 21.2. The van der Waals surface area contributed by atoms with Crippen molar-refractivity contribution in [3.05, 3.63) is 227 Å². The van der Waals surface area contributed by atoms with Crippen molar-refractivity contribution in [3.63, 3.8) is 0 Å². The second kappa shape index (κ2) is 12.4. The highest BCUT2D eigenvalue weighted by molar-refractivity contribution is 6.14. The Morgan fingerprint density at radius 3 is 1.92 bits per heavy atom. The number of benzene rings is 10. The molecule has 60 heavy (non-hydrogen) atoms. The number of hydrogen-bond acceptors (Lipinski definition) is 1. The molecule has 13 rings (SSSR count). The minimum absolute atomic E-state index is 0.00903. The van der Waals surface area contributed by atoms with Crippen LogP contribution in [0.15, 0.2) is 192 Å². The molecule has 11 aromatic rings. The van der Waals surface area contributed by atoms with Crippen molar-refractivity contribution in [2.45, 2.75) is 31.6 Å². The van der Waals surface area contributed by atoms with Gasteiger partial charge in [-0.15, -0.1) is 0 Å². The first-order valence-electron chi connectivity index (χ1n) is 21.2. The number of furan rings is 1. The summed E-state index contributed by atoms with van der Waals surface area (Å²) in [4.78, 5) is 0. The normalized spacial score (nSPS) is 14.2. The number of rotatable bonds is 4. The highest BCUT2D eigenvalue weighted by atomic mass is 16.3. The van der Waals surface area contributed by atoms with Gasteiger partial charge in [-0.1, -0.05) is 184 Å². The molecule has 0 bridgehead atoms. The van der Waals surface area contributed by atoms with Crippen LogP contribution in [0.5, 0.6) is 0 Å². The van der Waals surface area contributed by atoms with Crippen LogP contribution < -0.4 is 0 Å². The van der Waals surface area contributed by atoms with E-state index in [9.17, 15) is 0 Å². The van der Waals surface area contributed by atoms with E-state index in [-0.39, 0.29) is 11.3 Å². The Morgan fingerprint density at radius 2 is 1.05 bits per heavy atom. The average molecular weight is 765 g/mol. The fraction of sp³-hybridized carbons (Fsp3) is 0.0847. The van der Waals surface area contributed by atoms with Gasteiger partial charge in [0.2, 0.25) is 0 Å². The molecule has 1 heteroatoms. The van der Waals surface area contributed by atoms with Gasteiger partial charge in [-0.05, 0) is 124 Å². The summed E-state index contributed by atoms with van der Waals surface area (Å²) in [5.41, 5.74) is 19.2. The summed E-state index contributed by atoms with van der Waals surface area (Å²) in [5, 5.41) is 9.99. The fourth-order valence-corrected chi connectivity index (χ4v) is 11.3. The van der Waals surface area contributed by atoms with Gasteiger partial charge < -0.3 is 4.42 Å². The van der Waals surface area contributed by atoms with Gasteiger partial charge in [-0.3, -0.25) is 0 Å². The molecule has 1 heterocycles. The molecule has 2 aliphatic carbocycles. The topological polar surface area (TPSA) is 13.1 Å². The quantitative estimate of drug-likeness (QED) is 0.128. The lowest BCUT2D eigenvalue weighted by Crippen LogP contribution is -2.16. The highest BCUT2D eigenvalue weighted by Gasteiger charge is 2.37. The van der Waals surface area contributed by atoms with Crippen LogP contribution >= 0.6 is 0 Å². The van der Waals surface area contributed by atoms with Gasteiger partial charge in [0.15, 0.2) is 0 Å². The van der Waals surface area contributed by atoms with Crippen molar-refractivity contribution in [2.75, 3.05) is 0 Å². The maximum absolute atomic E-state index is 6.75. The SMILES string of the molecule is CC1(C)c2ccccc2-c2ccc(C(c3cccc4c3Cc3c-4cc4ccccc4c3-c3cccc4c3oc3ccccc34)c3cc4ccccc4c4ccccc34)cc21. The summed E-state index contributed by atoms with van der Waals surface area (Å²) >= 11 is 0. The fourth-order valence-electron chi connectivity index (χ4n) is 11.3. The number of hydrogen-bond donors (Lipinski definition) is 0. The second-order valence-corrected chi connectivity index (χ2v) is 17.5. The van der Waals surface area contributed by atoms with E-state index in [0.717, 1.165) is 33.9 Å². The Bertz CT molecular complexity index is 3610. The van der Waals surface area contributed by atoms with E-state index in [0.29, 0.717) is 0 Å². The Kier molecular flexibility index (Phi) is 6.97. The van der Waals surface area contributed by atoms with Crippen LogP contribution in [0.4, 0.5) is 0 Å². The zero-order valence-electron chi connectivity index (χ0n) is 33.6. The van der Waals surface area contributed by atoms with Crippen LogP contribution in [-0.4, -0.2) is 0 Å². The van der Waals surface area contributed by atoms with Crippen LogP contribution in [-0.2, 0) is 11.8 Å². The van der Waals surface area contributed by atoms with Crippen LogP contribution in [0, 0.1) is 0 Å².